The van der Waals surface area contributed by atoms with Gasteiger partial charge in [-0.2, -0.15) is 0 Å². The molecule has 0 aromatic heterocycles. The van der Waals surface area contributed by atoms with Crippen LogP contribution in [-0.4, -0.2) is 0 Å². The molecule has 0 aromatic rings. The topological polar surface area (TPSA) is 12.0 Å². The Morgan fingerprint density at radius 3 is 1.62 bits per heavy atom. The van der Waals surface area contributed by atoms with E-state index < -0.39 is 0 Å². The highest BCUT2D eigenvalue weighted by atomic mass is 14.8. The standard InChI is InChI=1S/C12H19N/c1-3-5-7-9-11-13-12-10-8-6-4-2/h5-13H,3-4H2,1-2H3. The molecule has 0 aromatic carbocycles. The van der Waals surface area contributed by atoms with Crippen LogP contribution in [0.2, 0.25) is 0 Å². The summed E-state index contributed by atoms with van der Waals surface area (Å²) in [7, 11) is 0. The highest BCUT2D eigenvalue weighted by Crippen LogP contribution is 1.81. The molecule has 0 atom stereocenters. The minimum absolute atomic E-state index is 1.08. The zero-order chi connectivity index (χ0) is 9.78. The lowest BCUT2D eigenvalue weighted by Crippen LogP contribution is -1.89. The molecule has 1 nitrogen and oxygen atoms in total. The molecule has 13 heavy (non-hydrogen) atoms. The quantitative estimate of drug-likeness (QED) is 0.612. The molecular formula is C12H19N. The van der Waals surface area contributed by atoms with Gasteiger partial charge >= 0.3 is 0 Å². The Bertz CT molecular complexity index is 175. The van der Waals surface area contributed by atoms with E-state index in [9.17, 15) is 0 Å². The van der Waals surface area contributed by atoms with Crippen LogP contribution in [0.25, 0.3) is 0 Å². The number of allylic oxidation sites excluding steroid dienone is 6. The molecule has 0 unspecified atom stereocenters. The Balaban J connectivity index is 3.43. The lowest BCUT2D eigenvalue weighted by molar-refractivity contribution is 1.18. The van der Waals surface area contributed by atoms with Gasteiger partial charge in [0.2, 0.25) is 0 Å². The monoisotopic (exact) mass is 177 g/mol. The molecule has 0 saturated heterocycles. The predicted octanol–water partition coefficient (Wildman–Crippen LogP) is 3.54. The van der Waals surface area contributed by atoms with E-state index in [0.29, 0.717) is 0 Å². The Hall–Kier alpha value is -1.24. The van der Waals surface area contributed by atoms with Gasteiger partial charge in [0.1, 0.15) is 0 Å². The van der Waals surface area contributed by atoms with Crippen molar-refractivity contribution in [2.24, 2.45) is 0 Å². The maximum atomic E-state index is 3.04. The van der Waals surface area contributed by atoms with Crippen LogP contribution in [-0.2, 0) is 0 Å². The van der Waals surface area contributed by atoms with Crippen molar-refractivity contribution >= 4 is 0 Å². The van der Waals surface area contributed by atoms with Crippen LogP contribution in [0.3, 0.4) is 0 Å². The molecule has 0 bridgehead atoms. The van der Waals surface area contributed by atoms with Crippen LogP contribution in [0.4, 0.5) is 0 Å². The van der Waals surface area contributed by atoms with Gasteiger partial charge in [-0.25, -0.2) is 0 Å². The van der Waals surface area contributed by atoms with Crippen molar-refractivity contribution in [3.8, 4) is 0 Å². The van der Waals surface area contributed by atoms with Crippen LogP contribution in [0.5, 0.6) is 0 Å². The summed E-state index contributed by atoms with van der Waals surface area (Å²) in [6.45, 7) is 4.24. The highest BCUT2D eigenvalue weighted by molar-refractivity contribution is 5.05. The third-order valence-electron chi connectivity index (χ3n) is 1.35. The second kappa shape index (κ2) is 10.8. The van der Waals surface area contributed by atoms with Gasteiger partial charge in [0.25, 0.3) is 0 Å². The minimum atomic E-state index is 1.08. The van der Waals surface area contributed by atoms with Gasteiger partial charge in [0.05, 0.1) is 0 Å². The molecule has 0 aliphatic carbocycles. The van der Waals surface area contributed by atoms with Crippen LogP contribution >= 0.6 is 0 Å². The first-order valence-electron chi connectivity index (χ1n) is 4.81. The minimum Gasteiger partial charge on any atom is -0.368 e. The molecule has 72 valence electrons. The average molecular weight is 177 g/mol. The molecule has 0 rings (SSSR count). The van der Waals surface area contributed by atoms with E-state index in [1.54, 1.807) is 0 Å². The maximum absolute atomic E-state index is 3.04. The zero-order valence-electron chi connectivity index (χ0n) is 8.53. The molecule has 0 amide bonds. The molecule has 0 saturated carbocycles. The predicted molar refractivity (Wildman–Crippen MR) is 60.3 cm³/mol. The van der Waals surface area contributed by atoms with Crippen molar-refractivity contribution in [3.05, 3.63) is 48.9 Å². The first-order chi connectivity index (χ1) is 6.41. The van der Waals surface area contributed by atoms with Crippen molar-refractivity contribution in [2.45, 2.75) is 26.7 Å². The summed E-state index contributed by atoms with van der Waals surface area (Å²) in [6, 6.07) is 0. The first-order valence-corrected chi connectivity index (χ1v) is 4.81. The third kappa shape index (κ3) is 10.8. The lowest BCUT2D eigenvalue weighted by Gasteiger charge is -1.85. The van der Waals surface area contributed by atoms with Gasteiger partial charge in [-0.15, -0.1) is 0 Å². The van der Waals surface area contributed by atoms with Gasteiger partial charge in [0.15, 0.2) is 0 Å². The Morgan fingerprint density at radius 2 is 1.23 bits per heavy atom. The molecule has 1 heteroatoms. The third-order valence-corrected chi connectivity index (χ3v) is 1.35. The summed E-state index contributed by atoms with van der Waals surface area (Å²) < 4.78 is 0. The van der Waals surface area contributed by atoms with Crippen LogP contribution < -0.4 is 5.32 Å². The van der Waals surface area contributed by atoms with E-state index in [2.05, 4.69) is 31.3 Å². The summed E-state index contributed by atoms with van der Waals surface area (Å²) >= 11 is 0. The highest BCUT2D eigenvalue weighted by Gasteiger charge is 1.65. The second-order valence-electron chi connectivity index (χ2n) is 2.56. The second-order valence-corrected chi connectivity index (χ2v) is 2.56. The number of hydrogen-bond donors (Lipinski definition) is 1. The smallest absolute Gasteiger partial charge is 0.000431 e. The fourth-order valence-corrected chi connectivity index (χ4v) is 0.707. The summed E-state index contributed by atoms with van der Waals surface area (Å²) in [5, 5.41) is 3.04. The number of nitrogens with one attached hydrogen (secondary N) is 1. The number of hydrogen-bond acceptors (Lipinski definition) is 1. The van der Waals surface area contributed by atoms with Crippen molar-refractivity contribution < 1.29 is 0 Å². The van der Waals surface area contributed by atoms with Gasteiger partial charge in [0, 0.05) is 12.4 Å². The summed E-state index contributed by atoms with van der Waals surface area (Å²) in [6.07, 6.45) is 18.2. The summed E-state index contributed by atoms with van der Waals surface area (Å²) in [5.41, 5.74) is 0. The Kier molecular flexibility index (Phi) is 9.73. The lowest BCUT2D eigenvalue weighted by atomic mass is 10.4. The van der Waals surface area contributed by atoms with Gasteiger partial charge in [-0.05, 0) is 25.0 Å². The van der Waals surface area contributed by atoms with Crippen LogP contribution in [0.1, 0.15) is 26.7 Å². The van der Waals surface area contributed by atoms with E-state index in [1.165, 1.54) is 0 Å². The van der Waals surface area contributed by atoms with E-state index in [4.69, 9.17) is 0 Å². The van der Waals surface area contributed by atoms with Gasteiger partial charge in [-0.1, -0.05) is 38.2 Å². The molecule has 0 aliphatic rings. The van der Waals surface area contributed by atoms with Crippen LogP contribution in [0, 0.1) is 0 Å². The molecule has 0 aliphatic heterocycles. The molecular weight excluding hydrogens is 158 g/mol. The van der Waals surface area contributed by atoms with Crippen molar-refractivity contribution in [1.82, 2.24) is 5.32 Å². The fourth-order valence-electron chi connectivity index (χ4n) is 0.707. The average Bonchev–Trinajstić information content (AvgIpc) is 2.16. The molecule has 0 spiro atoms. The first kappa shape index (κ1) is 11.8. The zero-order valence-corrected chi connectivity index (χ0v) is 8.53. The maximum Gasteiger partial charge on any atom is 0.000431 e. The van der Waals surface area contributed by atoms with Crippen molar-refractivity contribution in [2.75, 3.05) is 0 Å². The van der Waals surface area contributed by atoms with E-state index in [0.717, 1.165) is 12.8 Å². The summed E-state index contributed by atoms with van der Waals surface area (Å²) in [4.78, 5) is 0. The molecule has 0 heterocycles. The SMILES string of the molecule is CCC=CC=CNC=CC=CCC. The molecule has 1 N–H and O–H groups in total. The normalized spacial score (nSPS) is 12.8. The van der Waals surface area contributed by atoms with E-state index >= 15 is 0 Å². The Morgan fingerprint density at radius 1 is 0.769 bits per heavy atom. The van der Waals surface area contributed by atoms with Gasteiger partial charge < -0.3 is 5.32 Å². The van der Waals surface area contributed by atoms with E-state index in [1.807, 2.05) is 36.7 Å². The van der Waals surface area contributed by atoms with Crippen LogP contribution in [0.15, 0.2) is 48.9 Å². The van der Waals surface area contributed by atoms with E-state index in [-0.39, 0.29) is 0 Å². The van der Waals surface area contributed by atoms with Crippen molar-refractivity contribution in [3.63, 3.8) is 0 Å². The fraction of sp³-hybridized carbons (Fsp3) is 0.333. The Labute approximate surface area is 81.5 Å². The largest absolute Gasteiger partial charge is 0.368 e. The van der Waals surface area contributed by atoms with Gasteiger partial charge in [-0.3, -0.25) is 0 Å². The number of rotatable bonds is 6. The molecule has 0 radical (unpaired) electrons. The summed E-state index contributed by atoms with van der Waals surface area (Å²) in [5.74, 6) is 0. The molecule has 0 fully saturated rings. The van der Waals surface area contributed by atoms with Crippen molar-refractivity contribution in [1.29, 1.82) is 0 Å².